The Kier molecular flexibility index (Phi) is 6.54. The fourth-order valence-electron chi connectivity index (χ4n) is 2.09. The number of aromatic nitrogens is 1. The SMILES string of the molecule is Cc1ccc(Oc2ccc(NC(=O)NCCC(=O)N(C)C)cn2)cc1C. The van der Waals surface area contributed by atoms with Gasteiger partial charge in [-0.3, -0.25) is 4.79 Å². The van der Waals surface area contributed by atoms with E-state index in [1.54, 1.807) is 26.2 Å². The summed E-state index contributed by atoms with van der Waals surface area (Å²) in [6.07, 6.45) is 1.77. The summed E-state index contributed by atoms with van der Waals surface area (Å²) in [7, 11) is 3.35. The van der Waals surface area contributed by atoms with E-state index < -0.39 is 0 Å². The van der Waals surface area contributed by atoms with E-state index in [0.717, 1.165) is 5.56 Å². The van der Waals surface area contributed by atoms with Crippen LogP contribution >= 0.6 is 0 Å². The van der Waals surface area contributed by atoms with Crippen molar-refractivity contribution in [2.45, 2.75) is 20.3 Å². The van der Waals surface area contributed by atoms with Gasteiger partial charge in [0.1, 0.15) is 5.75 Å². The number of aryl methyl sites for hydroxylation is 2. The zero-order valence-corrected chi connectivity index (χ0v) is 15.5. The van der Waals surface area contributed by atoms with Crippen LogP contribution in [0.4, 0.5) is 10.5 Å². The summed E-state index contributed by atoms with van der Waals surface area (Å²) in [4.78, 5) is 28.9. The Bertz CT molecular complexity index is 773. The van der Waals surface area contributed by atoms with E-state index in [9.17, 15) is 9.59 Å². The molecule has 0 aliphatic heterocycles. The Labute approximate surface area is 153 Å². The van der Waals surface area contributed by atoms with Gasteiger partial charge in [0, 0.05) is 33.1 Å². The van der Waals surface area contributed by atoms with Crippen LogP contribution in [0.1, 0.15) is 17.5 Å². The quantitative estimate of drug-likeness (QED) is 0.833. The molecule has 0 fully saturated rings. The van der Waals surface area contributed by atoms with E-state index in [0.29, 0.717) is 17.3 Å². The molecule has 0 bridgehead atoms. The van der Waals surface area contributed by atoms with Crippen molar-refractivity contribution in [3.63, 3.8) is 0 Å². The molecular weight excluding hydrogens is 332 g/mol. The molecule has 1 heterocycles. The first-order valence-electron chi connectivity index (χ1n) is 8.31. The number of carbonyl (C=O) groups excluding carboxylic acids is 2. The average molecular weight is 356 g/mol. The van der Waals surface area contributed by atoms with Crippen molar-refractivity contribution in [3.8, 4) is 11.6 Å². The smallest absolute Gasteiger partial charge is 0.319 e. The molecule has 26 heavy (non-hydrogen) atoms. The highest BCUT2D eigenvalue weighted by molar-refractivity contribution is 5.89. The number of hydrogen-bond donors (Lipinski definition) is 2. The molecule has 0 aliphatic carbocycles. The highest BCUT2D eigenvalue weighted by atomic mass is 16.5. The van der Waals surface area contributed by atoms with Gasteiger partial charge in [-0.1, -0.05) is 6.07 Å². The van der Waals surface area contributed by atoms with Gasteiger partial charge < -0.3 is 20.3 Å². The van der Waals surface area contributed by atoms with Crippen LogP contribution in [-0.2, 0) is 4.79 Å². The van der Waals surface area contributed by atoms with E-state index in [-0.39, 0.29) is 24.9 Å². The van der Waals surface area contributed by atoms with Gasteiger partial charge in [-0.05, 0) is 43.2 Å². The standard InChI is InChI=1S/C19H24N4O3/c1-13-5-7-16(11-14(13)2)26-17-8-6-15(12-21-17)22-19(25)20-10-9-18(24)23(3)4/h5-8,11-12H,9-10H2,1-4H3,(H2,20,22,25). The van der Waals surface area contributed by atoms with Crippen LogP contribution < -0.4 is 15.4 Å². The molecule has 7 heteroatoms. The molecule has 0 unspecified atom stereocenters. The second-order valence-electron chi connectivity index (χ2n) is 6.15. The fraction of sp³-hybridized carbons (Fsp3) is 0.316. The van der Waals surface area contributed by atoms with Crippen molar-refractivity contribution in [2.75, 3.05) is 26.0 Å². The summed E-state index contributed by atoms with van der Waals surface area (Å²) in [5.41, 5.74) is 2.88. The second-order valence-corrected chi connectivity index (χ2v) is 6.15. The number of urea groups is 1. The molecular formula is C19H24N4O3. The summed E-state index contributed by atoms with van der Waals surface area (Å²) in [6, 6.07) is 8.83. The molecule has 0 atom stereocenters. The van der Waals surface area contributed by atoms with Gasteiger partial charge in [0.25, 0.3) is 0 Å². The predicted molar refractivity (Wildman–Crippen MR) is 101 cm³/mol. The molecule has 0 saturated heterocycles. The van der Waals surface area contributed by atoms with Crippen molar-refractivity contribution in [1.29, 1.82) is 0 Å². The number of hydrogen-bond acceptors (Lipinski definition) is 4. The van der Waals surface area contributed by atoms with Crippen LogP contribution in [0.5, 0.6) is 11.6 Å². The topological polar surface area (TPSA) is 83.6 Å². The Morgan fingerprint density at radius 3 is 2.50 bits per heavy atom. The molecule has 2 aromatic rings. The largest absolute Gasteiger partial charge is 0.439 e. The molecule has 0 spiro atoms. The van der Waals surface area contributed by atoms with Gasteiger partial charge in [-0.2, -0.15) is 0 Å². The number of nitrogens with zero attached hydrogens (tertiary/aromatic N) is 2. The number of nitrogens with one attached hydrogen (secondary N) is 2. The van der Waals surface area contributed by atoms with Crippen LogP contribution in [0.2, 0.25) is 0 Å². The van der Waals surface area contributed by atoms with Crippen LogP contribution in [0.3, 0.4) is 0 Å². The molecule has 138 valence electrons. The maximum atomic E-state index is 11.8. The predicted octanol–water partition coefficient (Wildman–Crippen LogP) is 3.09. The van der Waals surface area contributed by atoms with Gasteiger partial charge in [-0.15, -0.1) is 0 Å². The van der Waals surface area contributed by atoms with Crippen LogP contribution in [-0.4, -0.2) is 42.5 Å². The van der Waals surface area contributed by atoms with Gasteiger partial charge >= 0.3 is 6.03 Å². The third-order valence-electron chi connectivity index (χ3n) is 3.82. The second kappa shape index (κ2) is 8.84. The first kappa shape index (κ1) is 19.2. The monoisotopic (exact) mass is 356 g/mol. The van der Waals surface area contributed by atoms with E-state index in [2.05, 4.69) is 15.6 Å². The Morgan fingerprint density at radius 1 is 1.12 bits per heavy atom. The maximum absolute atomic E-state index is 11.8. The van der Waals surface area contributed by atoms with Gasteiger partial charge in [-0.25, -0.2) is 9.78 Å². The summed E-state index contributed by atoms with van der Waals surface area (Å²) in [5, 5.41) is 5.29. The molecule has 1 aromatic heterocycles. The number of anilines is 1. The van der Waals surface area contributed by atoms with E-state index in [4.69, 9.17) is 4.74 Å². The van der Waals surface area contributed by atoms with Crippen molar-refractivity contribution in [3.05, 3.63) is 47.7 Å². The third kappa shape index (κ3) is 5.77. The Hall–Kier alpha value is -3.09. The van der Waals surface area contributed by atoms with Gasteiger partial charge in [0.05, 0.1) is 11.9 Å². The number of pyridine rings is 1. The summed E-state index contributed by atoms with van der Waals surface area (Å²) in [5.74, 6) is 1.11. The summed E-state index contributed by atoms with van der Waals surface area (Å²) < 4.78 is 5.71. The molecule has 0 aliphatic rings. The minimum atomic E-state index is -0.388. The van der Waals surface area contributed by atoms with Gasteiger partial charge in [0.2, 0.25) is 11.8 Å². The molecule has 7 nitrogen and oxygen atoms in total. The number of ether oxygens (including phenoxy) is 1. The van der Waals surface area contributed by atoms with Crippen LogP contribution in [0.25, 0.3) is 0 Å². The zero-order chi connectivity index (χ0) is 19.1. The lowest BCUT2D eigenvalue weighted by atomic mass is 10.1. The van der Waals surface area contributed by atoms with E-state index >= 15 is 0 Å². The van der Waals surface area contributed by atoms with Crippen molar-refractivity contribution < 1.29 is 14.3 Å². The Morgan fingerprint density at radius 2 is 1.88 bits per heavy atom. The maximum Gasteiger partial charge on any atom is 0.319 e. The molecule has 1 aromatic carbocycles. The summed E-state index contributed by atoms with van der Waals surface area (Å²) >= 11 is 0. The van der Waals surface area contributed by atoms with Crippen molar-refractivity contribution in [2.24, 2.45) is 0 Å². The highest BCUT2D eigenvalue weighted by Crippen LogP contribution is 2.22. The molecule has 0 saturated carbocycles. The highest BCUT2D eigenvalue weighted by Gasteiger charge is 2.07. The number of benzene rings is 1. The van der Waals surface area contributed by atoms with Crippen molar-refractivity contribution >= 4 is 17.6 Å². The lowest BCUT2D eigenvalue weighted by Gasteiger charge is -2.11. The molecule has 2 rings (SSSR count). The zero-order valence-electron chi connectivity index (χ0n) is 15.5. The number of rotatable bonds is 6. The number of carbonyl (C=O) groups is 2. The Balaban J connectivity index is 1.84. The normalized spacial score (nSPS) is 10.2. The number of amides is 3. The minimum absolute atomic E-state index is 0.0418. The molecule has 0 radical (unpaired) electrons. The van der Waals surface area contributed by atoms with Crippen LogP contribution in [0.15, 0.2) is 36.5 Å². The molecule has 2 N–H and O–H groups in total. The minimum Gasteiger partial charge on any atom is -0.439 e. The van der Waals surface area contributed by atoms with E-state index in [1.165, 1.54) is 16.7 Å². The first-order chi connectivity index (χ1) is 12.3. The lowest BCUT2D eigenvalue weighted by Crippen LogP contribution is -2.33. The van der Waals surface area contributed by atoms with Crippen LogP contribution in [0, 0.1) is 13.8 Å². The summed E-state index contributed by atoms with van der Waals surface area (Å²) in [6.45, 7) is 4.33. The van der Waals surface area contributed by atoms with Gasteiger partial charge in [0.15, 0.2) is 0 Å². The fourth-order valence-corrected chi connectivity index (χ4v) is 2.09. The third-order valence-corrected chi connectivity index (χ3v) is 3.82. The van der Waals surface area contributed by atoms with E-state index in [1.807, 2.05) is 32.0 Å². The molecule has 3 amide bonds. The first-order valence-corrected chi connectivity index (χ1v) is 8.31. The average Bonchev–Trinajstić information content (AvgIpc) is 2.59. The lowest BCUT2D eigenvalue weighted by molar-refractivity contribution is -0.128. The van der Waals surface area contributed by atoms with Crippen molar-refractivity contribution in [1.82, 2.24) is 15.2 Å².